The van der Waals surface area contributed by atoms with E-state index < -0.39 is 11.2 Å². The highest BCUT2D eigenvalue weighted by Gasteiger charge is 2.39. The maximum atomic E-state index is 13.1. The van der Waals surface area contributed by atoms with Gasteiger partial charge in [-0.15, -0.1) is 12.4 Å². The van der Waals surface area contributed by atoms with Crippen LogP contribution in [0.2, 0.25) is 5.02 Å². The lowest BCUT2D eigenvalue weighted by Crippen LogP contribution is -2.49. The molecule has 1 aromatic rings. The number of hydrogen-bond acceptors (Lipinski definition) is 3. The van der Waals surface area contributed by atoms with Crippen molar-refractivity contribution in [1.29, 1.82) is 0 Å². The van der Waals surface area contributed by atoms with Gasteiger partial charge < -0.3 is 15.4 Å². The predicted molar refractivity (Wildman–Crippen MR) is 86.9 cm³/mol. The summed E-state index contributed by atoms with van der Waals surface area (Å²) in [6.45, 7) is 2.35. The molecule has 1 fully saturated rings. The lowest BCUT2D eigenvalue weighted by Gasteiger charge is -2.35. The third-order valence-corrected chi connectivity index (χ3v) is 4.19. The first-order valence-electron chi connectivity index (χ1n) is 6.99. The normalized spacial score (nSPS) is 16.7. The van der Waals surface area contributed by atoms with Crippen molar-refractivity contribution in [1.82, 2.24) is 10.6 Å². The smallest absolute Gasteiger partial charge is 0.228 e. The Morgan fingerprint density at radius 2 is 2.14 bits per heavy atom. The van der Waals surface area contributed by atoms with E-state index in [1.54, 1.807) is 13.2 Å². The first kappa shape index (κ1) is 19.2. The third kappa shape index (κ3) is 4.56. The molecule has 1 aliphatic rings. The van der Waals surface area contributed by atoms with Crippen molar-refractivity contribution in [2.75, 3.05) is 26.8 Å². The van der Waals surface area contributed by atoms with E-state index in [-0.39, 0.29) is 23.3 Å². The molecule has 1 heterocycles. The van der Waals surface area contributed by atoms with Gasteiger partial charge in [0.05, 0.1) is 17.0 Å². The van der Waals surface area contributed by atoms with Crippen molar-refractivity contribution in [3.8, 4) is 0 Å². The van der Waals surface area contributed by atoms with E-state index in [4.69, 9.17) is 16.3 Å². The van der Waals surface area contributed by atoms with Crippen molar-refractivity contribution in [2.45, 2.75) is 19.4 Å². The largest absolute Gasteiger partial charge is 0.384 e. The van der Waals surface area contributed by atoms with Crippen LogP contribution in [0.4, 0.5) is 4.39 Å². The summed E-state index contributed by atoms with van der Waals surface area (Å²) in [5.74, 6) is -0.479. The number of methoxy groups -OCH3 is 1. The Hall–Kier alpha value is -0.880. The molecule has 2 rings (SSSR count). The minimum absolute atomic E-state index is 0. The predicted octanol–water partition coefficient (Wildman–Crippen LogP) is 2.53. The van der Waals surface area contributed by atoms with Crippen LogP contribution in [0.3, 0.4) is 0 Å². The fraction of sp³-hybridized carbons (Fsp3) is 0.533. The molecule has 0 saturated carbocycles. The third-order valence-electron chi connectivity index (χ3n) is 3.90. The molecule has 7 heteroatoms. The number of halogens is 3. The molecule has 0 atom stereocenters. The van der Waals surface area contributed by atoms with Crippen LogP contribution in [-0.2, 0) is 16.1 Å². The van der Waals surface area contributed by atoms with Crippen molar-refractivity contribution >= 4 is 29.9 Å². The molecular weight excluding hydrogens is 330 g/mol. The van der Waals surface area contributed by atoms with Gasteiger partial charge in [0.15, 0.2) is 0 Å². The Bertz CT molecular complexity index is 503. The number of nitrogens with one attached hydrogen (secondary N) is 2. The van der Waals surface area contributed by atoms with E-state index in [9.17, 15) is 9.18 Å². The van der Waals surface area contributed by atoms with Gasteiger partial charge in [-0.3, -0.25) is 4.79 Å². The zero-order valence-corrected chi connectivity index (χ0v) is 14.0. The molecule has 0 aromatic heterocycles. The fourth-order valence-electron chi connectivity index (χ4n) is 2.64. The quantitative estimate of drug-likeness (QED) is 0.857. The lowest BCUT2D eigenvalue weighted by atomic mass is 9.78. The Kier molecular flexibility index (Phi) is 7.56. The van der Waals surface area contributed by atoms with Crippen LogP contribution in [0.5, 0.6) is 0 Å². The SMILES string of the molecule is COCC1(C(=O)NCc2ccc(F)c(Cl)c2)CCNCC1.Cl. The lowest BCUT2D eigenvalue weighted by molar-refractivity contribution is -0.136. The highest BCUT2D eigenvalue weighted by molar-refractivity contribution is 6.30. The molecule has 1 aromatic carbocycles. The van der Waals surface area contributed by atoms with Gasteiger partial charge in [-0.25, -0.2) is 4.39 Å². The molecule has 1 amide bonds. The van der Waals surface area contributed by atoms with Crippen LogP contribution in [0.15, 0.2) is 18.2 Å². The molecule has 4 nitrogen and oxygen atoms in total. The van der Waals surface area contributed by atoms with Gasteiger partial charge in [0, 0.05) is 13.7 Å². The number of hydrogen-bond donors (Lipinski definition) is 2. The number of rotatable bonds is 5. The first-order valence-corrected chi connectivity index (χ1v) is 7.37. The molecule has 0 bridgehead atoms. The maximum Gasteiger partial charge on any atom is 0.228 e. The summed E-state index contributed by atoms with van der Waals surface area (Å²) in [5.41, 5.74) is 0.292. The maximum absolute atomic E-state index is 13.1. The second-order valence-corrected chi connectivity index (χ2v) is 5.80. The van der Waals surface area contributed by atoms with E-state index in [1.807, 2.05) is 0 Å². The molecule has 2 N–H and O–H groups in total. The van der Waals surface area contributed by atoms with Crippen molar-refractivity contribution in [2.24, 2.45) is 5.41 Å². The van der Waals surface area contributed by atoms with Crippen molar-refractivity contribution in [3.63, 3.8) is 0 Å². The van der Waals surface area contributed by atoms with Crippen LogP contribution >= 0.6 is 24.0 Å². The van der Waals surface area contributed by atoms with Crippen LogP contribution in [0.1, 0.15) is 18.4 Å². The molecule has 0 radical (unpaired) electrons. The van der Waals surface area contributed by atoms with Gasteiger partial charge >= 0.3 is 0 Å². The van der Waals surface area contributed by atoms with Gasteiger partial charge in [-0.05, 0) is 43.6 Å². The van der Waals surface area contributed by atoms with Crippen LogP contribution < -0.4 is 10.6 Å². The number of amides is 1. The van der Waals surface area contributed by atoms with E-state index in [0.29, 0.717) is 13.2 Å². The number of carbonyl (C=O) groups excluding carboxylic acids is 1. The molecule has 22 heavy (non-hydrogen) atoms. The average molecular weight is 351 g/mol. The fourth-order valence-corrected chi connectivity index (χ4v) is 2.84. The van der Waals surface area contributed by atoms with Gasteiger partial charge in [0.2, 0.25) is 5.91 Å². The van der Waals surface area contributed by atoms with Crippen molar-refractivity contribution in [3.05, 3.63) is 34.6 Å². The van der Waals surface area contributed by atoms with E-state index in [1.165, 1.54) is 12.1 Å². The van der Waals surface area contributed by atoms with Gasteiger partial charge in [-0.2, -0.15) is 0 Å². The number of piperidine rings is 1. The molecule has 0 aliphatic carbocycles. The number of ether oxygens (including phenoxy) is 1. The summed E-state index contributed by atoms with van der Waals surface area (Å²) < 4.78 is 18.3. The molecule has 124 valence electrons. The molecule has 1 aliphatic heterocycles. The van der Waals surface area contributed by atoms with Gasteiger partial charge in [0.1, 0.15) is 5.82 Å². The zero-order chi connectivity index (χ0) is 15.3. The minimum Gasteiger partial charge on any atom is -0.384 e. The van der Waals surface area contributed by atoms with E-state index in [0.717, 1.165) is 31.5 Å². The topological polar surface area (TPSA) is 50.4 Å². The zero-order valence-electron chi connectivity index (χ0n) is 12.5. The van der Waals surface area contributed by atoms with Crippen LogP contribution in [0.25, 0.3) is 0 Å². The van der Waals surface area contributed by atoms with Crippen LogP contribution in [-0.4, -0.2) is 32.7 Å². The second kappa shape index (κ2) is 8.67. The highest BCUT2D eigenvalue weighted by atomic mass is 35.5. The Balaban J connectivity index is 0.00000242. The number of carbonyl (C=O) groups is 1. The van der Waals surface area contributed by atoms with E-state index in [2.05, 4.69) is 10.6 Å². The Labute approximate surface area is 141 Å². The molecule has 1 saturated heterocycles. The molecular formula is C15H21Cl2FN2O2. The summed E-state index contributed by atoms with van der Waals surface area (Å²) in [6.07, 6.45) is 1.49. The van der Waals surface area contributed by atoms with E-state index >= 15 is 0 Å². The number of benzene rings is 1. The highest BCUT2D eigenvalue weighted by Crippen LogP contribution is 2.29. The van der Waals surface area contributed by atoms with Crippen molar-refractivity contribution < 1.29 is 13.9 Å². The summed E-state index contributed by atoms with van der Waals surface area (Å²) in [4.78, 5) is 12.5. The standard InChI is InChI=1S/C15H20ClFN2O2.ClH/c1-21-10-15(4-6-18-7-5-15)14(20)19-9-11-2-3-13(17)12(16)8-11;/h2-3,8,18H,4-7,9-10H2,1H3,(H,19,20);1H. The summed E-state index contributed by atoms with van der Waals surface area (Å²) in [7, 11) is 1.61. The average Bonchev–Trinajstić information content (AvgIpc) is 2.49. The minimum atomic E-state index is -0.482. The van der Waals surface area contributed by atoms with Gasteiger partial charge in [0.25, 0.3) is 0 Å². The molecule has 0 unspecified atom stereocenters. The van der Waals surface area contributed by atoms with Crippen LogP contribution in [0, 0.1) is 11.2 Å². The second-order valence-electron chi connectivity index (χ2n) is 5.39. The summed E-state index contributed by atoms with van der Waals surface area (Å²) >= 11 is 5.74. The Morgan fingerprint density at radius 1 is 1.45 bits per heavy atom. The first-order chi connectivity index (χ1) is 10.1. The summed E-state index contributed by atoms with van der Waals surface area (Å²) in [6, 6.07) is 4.45. The molecule has 0 spiro atoms. The monoisotopic (exact) mass is 350 g/mol. The Morgan fingerprint density at radius 3 is 2.73 bits per heavy atom. The van der Waals surface area contributed by atoms with Gasteiger partial charge in [-0.1, -0.05) is 17.7 Å². The summed E-state index contributed by atoms with van der Waals surface area (Å²) in [5, 5.41) is 6.22.